The van der Waals surface area contributed by atoms with Gasteiger partial charge in [0.25, 0.3) is 0 Å². The monoisotopic (exact) mass is 1660 g/mol. The Morgan fingerprint density at radius 3 is 0.885 bits per heavy atom. The third-order valence-electron chi connectivity index (χ3n) is 26.9. The summed E-state index contributed by atoms with van der Waals surface area (Å²) in [6, 6.07) is 179. The molecule has 0 bridgehead atoms. The Balaban J connectivity index is 0.000000144. The van der Waals surface area contributed by atoms with Gasteiger partial charge >= 0.3 is 0 Å². The van der Waals surface area contributed by atoms with Crippen molar-refractivity contribution in [2.24, 2.45) is 0 Å². The maximum absolute atomic E-state index is 2.46. The van der Waals surface area contributed by atoms with E-state index in [4.69, 9.17) is 0 Å². The first-order valence-corrected chi connectivity index (χ1v) is 44.9. The second-order valence-electron chi connectivity index (χ2n) is 34.8. The second-order valence-corrected chi connectivity index (χ2v) is 34.8. The number of para-hydroxylation sites is 5. The zero-order valence-corrected chi connectivity index (χ0v) is 72.0. The van der Waals surface area contributed by atoms with Crippen LogP contribution in [0.2, 0.25) is 0 Å². The fraction of sp³-hybridized carbons (Fsp3) is 0.0240. The van der Waals surface area contributed by atoms with E-state index < -0.39 is 0 Å². The first kappa shape index (κ1) is 76.8. The molecule has 0 amide bonds. The van der Waals surface area contributed by atoms with Crippen molar-refractivity contribution in [3.8, 4) is 95.0 Å². The lowest BCUT2D eigenvalue weighted by molar-refractivity contribution is 0.661. The number of fused-ring (bicyclic) bond motifs is 14. The lowest BCUT2D eigenvalue weighted by Crippen LogP contribution is -2.14. The zero-order chi connectivity index (χ0) is 86.3. The molecule has 0 saturated carbocycles. The lowest BCUT2D eigenvalue weighted by Gasteiger charge is -2.26. The molecule has 0 atom stereocenters. The molecule has 1 aliphatic carbocycles. The normalized spacial score (nSPS) is 12.1. The van der Waals surface area contributed by atoms with Gasteiger partial charge in [0, 0.05) is 88.9 Å². The minimum absolute atomic E-state index is 0.0711. The Morgan fingerprint density at radius 2 is 0.446 bits per heavy atom. The molecule has 5 heteroatoms. The standard InChI is InChI=1S/C64H43N3.C61H44N2/c1-4-14-44(15-5-1)46-26-33-54(34-27-46)65(55-35-28-47(29-36-55)50-25-24-45-16-10-11-17-49(45)40-50)56-37-30-48(31-38-56)51-32-39-62-58(41-51)60-42-59-57-22-12-13-23-61(57)66(52-18-6-2-7-19-52)63(59)43-64(60)67(62)53-20-8-3-9-21-53;1-61(2)57-20-12-11-19-53(57)54-39-56-55-38-48(31-36-59(55)63(60(56)40-58(54)61)50-17-7-4-8-18-50)44-23-21-42(22-24-44)43-27-32-51(33-28-43)62(49-15-5-3-6-16-49)52-34-29-45(30-35-52)47-26-25-41-13-9-10-14-46(41)37-47/h1-43H;3-40H,1-2H3. The lowest BCUT2D eigenvalue weighted by atomic mass is 9.82. The Morgan fingerprint density at radius 1 is 0.162 bits per heavy atom. The van der Waals surface area contributed by atoms with Gasteiger partial charge in [0.15, 0.2) is 0 Å². The first-order valence-electron chi connectivity index (χ1n) is 44.9. The van der Waals surface area contributed by atoms with E-state index in [9.17, 15) is 0 Å². The highest BCUT2D eigenvalue weighted by Gasteiger charge is 2.36. The molecular formula is C125H87N5. The van der Waals surface area contributed by atoms with Gasteiger partial charge in [-0.15, -0.1) is 0 Å². The van der Waals surface area contributed by atoms with E-state index in [2.05, 4.69) is 529 Å². The van der Waals surface area contributed by atoms with E-state index in [1.807, 2.05) is 0 Å². The van der Waals surface area contributed by atoms with E-state index in [0.29, 0.717) is 0 Å². The van der Waals surface area contributed by atoms with Crippen LogP contribution in [0.3, 0.4) is 0 Å². The van der Waals surface area contributed by atoms with Gasteiger partial charge < -0.3 is 23.5 Å². The van der Waals surface area contributed by atoms with Crippen LogP contribution >= 0.6 is 0 Å². The summed E-state index contributed by atoms with van der Waals surface area (Å²) in [5, 5.41) is 12.5. The van der Waals surface area contributed by atoms with Gasteiger partial charge in [0.2, 0.25) is 0 Å². The Hall–Kier alpha value is -16.9. The minimum atomic E-state index is -0.0711. The van der Waals surface area contributed by atoms with E-state index in [-0.39, 0.29) is 5.41 Å². The van der Waals surface area contributed by atoms with Crippen molar-refractivity contribution in [2.75, 3.05) is 9.80 Å². The third-order valence-corrected chi connectivity index (χ3v) is 26.9. The van der Waals surface area contributed by atoms with Gasteiger partial charge in [-0.1, -0.05) is 329 Å². The average molecular weight is 1660 g/mol. The summed E-state index contributed by atoms with van der Waals surface area (Å²) in [6.45, 7) is 4.73. The second kappa shape index (κ2) is 32.0. The molecule has 3 aromatic heterocycles. The van der Waals surface area contributed by atoms with Crippen LogP contribution in [0.1, 0.15) is 25.0 Å². The number of rotatable bonds is 15. The Kier molecular flexibility index (Phi) is 18.9. The van der Waals surface area contributed by atoms with Crippen molar-refractivity contribution >= 4 is 121 Å². The van der Waals surface area contributed by atoms with Crippen molar-refractivity contribution in [1.82, 2.24) is 13.7 Å². The zero-order valence-electron chi connectivity index (χ0n) is 72.0. The fourth-order valence-electron chi connectivity index (χ4n) is 20.3. The summed E-state index contributed by atoms with van der Waals surface area (Å²) in [6.07, 6.45) is 0. The molecule has 5 nitrogen and oxygen atoms in total. The first-order chi connectivity index (χ1) is 64.2. The Labute approximate surface area is 756 Å². The van der Waals surface area contributed by atoms with Crippen LogP contribution in [-0.4, -0.2) is 13.7 Å². The maximum Gasteiger partial charge on any atom is 0.0562 e. The van der Waals surface area contributed by atoms with Gasteiger partial charge in [0.05, 0.1) is 33.1 Å². The van der Waals surface area contributed by atoms with Gasteiger partial charge in [0.1, 0.15) is 0 Å². The summed E-state index contributed by atoms with van der Waals surface area (Å²) in [5.74, 6) is 0. The molecular weight excluding hydrogens is 1570 g/mol. The predicted octanol–water partition coefficient (Wildman–Crippen LogP) is 34.2. The minimum Gasteiger partial charge on any atom is -0.311 e. The maximum atomic E-state index is 2.46. The van der Waals surface area contributed by atoms with Crippen molar-refractivity contribution < 1.29 is 0 Å². The molecule has 0 saturated heterocycles. The molecule has 0 unspecified atom stereocenters. The number of hydrogen-bond donors (Lipinski definition) is 0. The van der Waals surface area contributed by atoms with Gasteiger partial charge in [-0.3, -0.25) is 0 Å². The van der Waals surface area contributed by atoms with Crippen molar-refractivity contribution in [3.63, 3.8) is 0 Å². The highest BCUT2D eigenvalue weighted by atomic mass is 15.1. The highest BCUT2D eigenvalue weighted by Crippen LogP contribution is 2.52. The van der Waals surface area contributed by atoms with Gasteiger partial charge in [-0.25, -0.2) is 0 Å². The summed E-state index contributed by atoms with van der Waals surface area (Å²) in [5.41, 5.74) is 37.1. The molecule has 0 radical (unpaired) electrons. The molecule has 24 aromatic rings. The average Bonchev–Trinajstić information content (AvgIpc) is 1.56. The smallest absolute Gasteiger partial charge is 0.0562 e. The van der Waals surface area contributed by atoms with Gasteiger partial charge in [-0.2, -0.15) is 0 Å². The van der Waals surface area contributed by atoms with Crippen LogP contribution in [0.15, 0.2) is 491 Å². The number of nitrogens with zero attached hydrogens (tertiary/aromatic N) is 5. The molecule has 0 spiro atoms. The molecule has 25 rings (SSSR count). The highest BCUT2D eigenvalue weighted by molar-refractivity contribution is 6.20. The Bertz CT molecular complexity index is 8410. The van der Waals surface area contributed by atoms with Crippen LogP contribution in [-0.2, 0) is 5.41 Å². The largest absolute Gasteiger partial charge is 0.311 e. The number of aromatic nitrogens is 3. The molecule has 0 N–H and O–H groups in total. The van der Waals surface area contributed by atoms with Crippen LogP contribution in [0.5, 0.6) is 0 Å². The van der Waals surface area contributed by atoms with Crippen LogP contribution in [0, 0.1) is 0 Å². The van der Waals surface area contributed by atoms with Crippen LogP contribution < -0.4 is 9.80 Å². The van der Waals surface area contributed by atoms with Crippen molar-refractivity contribution in [3.05, 3.63) is 503 Å². The van der Waals surface area contributed by atoms with E-state index in [1.165, 1.54) is 182 Å². The fourth-order valence-corrected chi connectivity index (χ4v) is 20.3. The topological polar surface area (TPSA) is 21.3 Å². The molecule has 21 aromatic carbocycles. The number of hydrogen-bond acceptors (Lipinski definition) is 2. The molecule has 3 heterocycles. The van der Waals surface area contributed by atoms with Crippen molar-refractivity contribution in [2.45, 2.75) is 19.3 Å². The molecule has 1 aliphatic rings. The van der Waals surface area contributed by atoms with E-state index >= 15 is 0 Å². The number of benzene rings is 21. The molecule has 612 valence electrons. The summed E-state index contributed by atoms with van der Waals surface area (Å²) in [4.78, 5) is 4.69. The van der Waals surface area contributed by atoms with Crippen LogP contribution in [0.4, 0.5) is 34.1 Å². The van der Waals surface area contributed by atoms with Gasteiger partial charge in [-0.05, 0) is 286 Å². The SMILES string of the molecule is CC1(C)c2ccccc2-c2cc3c4cc(-c5ccc(-c6ccc(N(c7ccccc7)c7ccc(-c8ccc9ccccc9c8)cc7)cc6)cc5)ccc4n(-c4ccccc4)c3cc21.c1ccc(-c2ccc(N(c3ccc(-c4ccc5ccccc5c4)cc3)c3ccc(-c4ccc5c(c4)c4cc6c7ccccc7n(-c7ccccc7)c6cc4n5-c4ccccc4)cc3)cc2)cc1. The van der Waals surface area contributed by atoms with E-state index in [1.54, 1.807) is 0 Å². The third kappa shape index (κ3) is 13.6. The number of anilines is 6. The quantitative estimate of drug-likeness (QED) is 0.102. The van der Waals surface area contributed by atoms with Crippen LogP contribution in [0.25, 0.3) is 182 Å². The molecule has 0 aliphatic heterocycles. The van der Waals surface area contributed by atoms with Crippen molar-refractivity contribution in [1.29, 1.82) is 0 Å². The summed E-state index contributed by atoms with van der Waals surface area (Å²) in [7, 11) is 0. The molecule has 130 heavy (non-hydrogen) atoms. The predicted molar refractivity (Wildman–Crippen MR) is 550 cm³/mol. The molecule has 0 fully saturated rings. The summed E-state index contributed by atoms with van der Waals surface area (Å²) >= 11 is 0. The summed E-state index contributed by atoms with van der Waals surface area (Å²) < 4.78 is 7.28. The van der Waals surface area contributed by atoms with E-state index in [0.717, 1.165) is 45.5 Å².